The molecule has 0 spiro atoms. The molecule has 0 aromatic rings. The van der Waals surface area contributed by atoms with E-state index in [2.05, 4.69) is 19.9 Å². The summed E-state index contributed by atoms with van der Waals surface area (Å²) in [5, 5.41) is 0. The Kier molecular flexibility index (Phi) is 4.51. The van der Waals surface area contributed by atoms with Gasteiger partial charge in [0.25, 0.3) is 0 Å². The van der Waals surface area contributed by atoms with Gasteiger partial charge < -0.3 is 5.73 Å². The van der Waals surface area contributed by atoms with Gasteiger partial charge in [-0.15, -0.1) is 0 Å². The fourth-order valence-electron chi connectivity index (χ4n) is 2.33. The third-order valence-corrected chi connectivity index (χ3v) is 3.21. The lowest BCUT2D eigenvalue weighted by atomic mass is 9.79. The van der Waals surface area contributed by atoms with Crippen LogP contribution >= 0.6 is 0 Å². The van der Waals surface area contributed by atoms with Crippen molar-refractivity contribution >= 4 is 0 Å². The van der Waals surface area contributed by atoms with Crippen molar-refractivity contribution in [3.05, 3.63) is 11.6 Å². The lowest BCUT2D eigenvalue weighted by molar-refractivity contribution is 0.314. The van der Waals surface area contributed by atoms with E-state index in [4.69, 9.17) is 5.73 Å². The van der Waals surface area contributed by atoms with E-state index >= 15 is 0 Å². The maximum atomic E-state index is 5.49. The molecule has 1 rings (SSSR count). The lowest BCUT2D eigenvalue weighted by Crippen LogP contribution is -2.14. The molecule has 0 heterocycles. The summed E-state index contributed by atoms with van der Waals surface area (Å²) < 4.78 is 0. The zero-order valence-electron chi connectivity index (χ0n) is 9.05. The highest BCUT2D eigenvalue weighted by Gasteiger charge is 2.19. The van der Waals surface area contributed by atoms with Crippen LogP contribution in [0, 0.1) is 11.8 Å². The quantitative estimate of drug-likeness (QED) is 0.665. The lowest BCUT2D eigenvalue weighted by Gasteiger charge is -2.27. The standard InChI is InChI=1S/C12H23N/c1-10-5-3-7-12(9-10)11(2)6-4-8-13/h6,10,12H,3-5,7-9,13H2,1-2H3. The first kappa shape index (κ1) is 10.8. The molecule has 1 aliphatic carbocycles. The third kappa shape index (κ3) is 3.51. The molecule has 2 unspecified atom stereocenters. The number of nitrogens with two attached hydrogens (primary N) is 1. The molecular formula is C12H23N. The van der Waals surface area contributed by atoms with Gasteiger partial charge in [-0.05, 0) is 44.6 Å². The predicted octanol–water partition coefficient (Wildman–Crippen LogP) is 3.11. The van der Waals surface area contributed by atoms with Gasteiger partial charge in [0.15, 0.2) is 0 Å². The summed E-state index contributed by atoms with van der Waals surface area (Å²) in [5.41, 5.74) is 7.07. The Morgan fingerprint density at radius 3 is 2.85 bits per heavy atom. The van der Waals surface area contributed by atoms with Crippen LogP contribution in [-0.4, -0.2) is 6.54 Å². The van der Waals surface area contributed by atoms with Gasteiger partial charge in [0, 0.05) is 0 Å². The summed E-state index contributed by atoms with van der Waals surface area (Å²) in [7, 11) is 0. The molecule has 1 saturated carbocycles. The first-order valence-corrected chi connectivity index (χ1v) is 5.60. The highest BCUT2D eigenvalue weighted by Crippen LogP contribution is 2.33. The molecule has 2 atom stereocenters. The van der Waals surface area contributed by atoms with Crippen LogP contribution < -0.4 is 5.73 Å². The second-order valence-corrected chi connectivity index (χ2v) is 4.49. The molecule has 1 fully saturated rings. The van der Waals surface area contributed by atoms with Crippen molar-refractivity contribution in [1.82, 2.24) is 0 Å². The molecule has 0 bridgehead atoms. The normalized spacial score (nSPS) is 30.5. The zero-order valence-corrected chi connectivity index (χ0v) is 9.05. The van der Waals surface area contributed by atoms with Crippen molar-refractivity contribution in [2.75, 3.05) is 6.54 Å². The molecule has 1 aliphatic rings. The topological polar surface area (TPSA) is 26.0 Å². The Bertz CT molecular complexity index is 172. The highest BCUT2D eigenvalue weighted by atomic mass is 14.5. The van der Waals surface area contributed by atoms with Crippen LogP contribution in [0.5, 0.6) is 0 Å². The predicted molar refractivity (Wildman–Crippen MR) is 58.6 cm³/mol. The molecule has 1 nitrogen and oxygen atoms in total. The van der Waals surface area contributed by atoms with E-state index in [0.29, 0.717) is 0 Å². The van der Waals surface area contributed by atoms with Crippen molar-refractivity contribution in [2.24, 2.45) is 17.6 Å². The smallest absolute Gasteiger partial charge is 0.00425 e. The minimum Gasteiger partial charge on any atom is -0.330 e. The van der Waals surface area contributed by atoms with Gasteiger partial charge in [-0.2, -0.15) is 0 Å². The Labute approximate surface area is 82.4 Å². The Hall–Kier alpha value is -0.300. The summed E-state index contributed by atoms with van der Waals surface area (Å²) in [6, 6.07) is 0. The fourth-order valence-corrected chi connectivity index (χ4v) is 2.33. The molecule has 0 aliphatic heterocycles. The minimum absolute atomic E-state index is 0.791. The second-order valence-electron chi connectivity index (χ2n) is 4.49. The van der Waals surface area contributed by atoms with E-state index in [1.54, 1.807) is 5.57 Å². The summed E-state index contributed by atoms with van der Waals surface area (Å²) in [5.74, 6) is 1.79. The number of rotatable bonds is 3. The molecular weight excluding hydrogens is 158 g/mol. The van der Waals surface area contributed by atoms with Gasteiger partial charge in [0.2, 0.25) is 0 Å². The van der Waals surface area contributed by atoms with Crippen molar-refractivity contribution in [3.8, 4) is 0 Å². The van der Waals surface area contributed by atoms with E-state index in [0.717, 1.165) is 24.8 Å². The molecule has 13 heavy (non-hydrogen) atoms. The maximum Gasteiger partial charge on any atom is -0.00425 e. The van der Waals surface area contributed by atoms with Crippen molar-refractivity contribution in [3.63, 3.8) is 0 Å². The third-order valence-electron chi connectivity index (χ3n) is 3.21. The fraction of sp³-hybridized carbons (Fsp3) is 0.833. The van der Waals surface area contributed by atoms with E-state index in [-0.39, 0.29) is 0 Å². The number of allylic oxidation sites excluding steroid dienone is 1. The molecule has 0 amide bonds. The van der Waals surface area contributed by atoms with Crippen LogP contribution in [0.2, 0.25) is 0 Å². The van der Waals surface area contributed by atoms with Crippen LogP contribution in [0.25, 0.3) is 0 Å². The first-order chi connectivity index (χ1) is 6.24. The average Bonchev–Trinajstić information content (AvgIpc) is 2.14. The maximum absolute atomic E-state index is 5.49. The van der Waals surface area contributed by atoms with Crippen LogP contribution in [0.1, 0.15) is 46.0 Å². The Morgan fingerprint density at radius 2 is 2.23 bits per heavy atom. The van der Waals surface area contributed by atoms with Gasteiger partial charge in [-0.3, -0.25) is 0 Å². The SMILES string of the molecule is CC(=CCCN)C1CCCC(C)C1. The molecule has 0 radical (unpaired) electrons. The summed E-state index contributed by atoms with van der Waals surface area (Å²) in [6.07, 6.45) is 9.03. The van der Waals surface area contributed by atoms with Gasteiger partial charge in [-0.1, -0.05) is 31.4 Å². The van der Waals surface area contributed by atoms with Crippen LogP contribution in [0.3, 0.4) is 0 Å². The zero-order chi connectivity index (χ0) is 9.68. The molecule has 2 N–H and O–H groups in total. The minimum atomic E-state index is 0.791. The molecule has 1 heteroatoms. The van der Waals surface area contributed by atoms with Gasteiger partial charge in [0.05, 0.1) is 0 Å². The Balaban J connectivity index is 2.40. The van der Waals surface area contributed by atoms with E-state index in [1.165, 1.54) is 25.7 Å². The van der Waals surface area contributed by atoms with Crippen LogP contribution in [0.4, 0.5) is 0 Å². The van der Waals surface area contributed by atoms with Gasteiger partial charge in [-0.25, -0.2) is 0 Å². The first-order valence-electron chi connectivity index (χ1n) is 5.60. The average molecular weight is 181 g/mol. The van der Waals surface area contributed by atoms with Gasteiger partial charge >= 0.3 is 0 Å². The Morgan fingerprint density at radius 1 is 1.46 bits per heavy atom. The monoisotopic (exact) mass is 181 g/mol. The molecule has 0 saturated heterocycles. The molecule has 76 valence electrons. The molecule has 0 aromatic carbocycles. The summed E-state index contributed by atoms with van der Waals surface area (Å²) in [4.78, 5) is 0. The van der Waals surface area contributed by atoms with E-state index in [1.807, 2.05) is 0 Å². The van der Waals surface area contributed by atoms with Crippen molar-refractivity contribution in [2.45, 2.75) is 46.0 Å². The van der Waals surface area contributed by atoms with E-state index < -0.39 is 0 Å². The highest BCUT2D eigenvalue weighted by molar-refractivity contribution is 5.04. The summed E-state index contributed by atoms with van der Waals surface area (Å²) >= 11 is 0. The second kappa shape index (κ2) is 5.43. The largest absolute Gasteiger partial charge is 0.330 e. The van der Waals surface area contributed by atoms with Crippen LogP contribution in [-0.2, 0) is 0 Å². The van der Waals surface area contributed by atoms with Crippen molar-refractivity contribution in [1.29, 1.82) is 0 Å². The van der Waals surface area contributed by atoms with Crippen LogP contribution in [0.15, 0.2) is 11.6 Å². The summed E-state index contributed by atoms with van der Waals surface area (Å²) in [6.45, 7) is 5.44. The van der Waals surface area contributed by atoms with E-state index in [9.17, 15) is 0 Å². The molecule has 0 aromatic heterocycles. The number of hydrogen-bond acceptors (Lipinski definition) is 1. The number of hydrogen-bond donors (Lipinski definition) is 1. The van der Waals surface area contributed by atoms with Crippen molar-refractivity contribution < 1.29 is 0 Å². The van der Waals surface area contributed by atoms with Gasteiger partial charge in [0.1, 0.15) is 0 Å².